The summed E-state index contributed by atoms with van der Waals surface area (Å²) in [4.78, 5) is 14.6. The van der Waals surface area contributed by atoms with E-state index in [1.165, 1.54) is 36.8 Å². The second-order valence-corrected chi connectivity index (χ2v) is 14.4. The Bertz CT molecular complexity index is 2080. The standard InChI is InChI=1S/C35H32BrF2N5O4S/c1-23(43(2)14-16-48(44,45)33-9-3-4-13-39-33)35(12-6-15-47-35)28-19-27-31(20-30(28)38)40-22-41-34(27)42-26-10-11-32(29(36)18-26)46-21-24-7-5-8-25(37)17-24/h3-11,13,15,17-20,22-23H,12,14,16,21H2,1-2H3,(H,40,41,42). The number of likely N-dealkylation sites (N-methyl/N-ethyl adjacent to an activating group) is 1. The fraction of sp³-hybridized carbons (Fsp3) is 0.229. The lowest BCUT2D eigenvalue weighted by molar-refractivity contribution is -0.0332. The molecule has 0 aliphatic carbocycles. The second kappa shape index (κ2) is 14.0. The lowest BCUT2D eigenvalue weighted by Gasteiger charge is -2.40. The molecule has 13 heteroatoms. The molecule has 3 aromatic carbocycles. The van der Waals surface area contributed by atoms with Gasteiger partial charge in [-0.2, -0.15) is 0 Å². The molecule has 9 nitrogen and oxygen atoms in total. The van der Waals surface area contributed by atoms with E-state index in [0.717, 1.165) is 0 Å². The molecular weight excluding hydrogens is 704 g/mol. The highest BCUT2D eigenvalue weighted by molar-refractivity contribution is 9.10. The van der Waals surface area contributed by atoms with E-state index in [2.05, 4.69) is 36.2 Å². The summed E-state index contributed by atoms with van der Waals surface area (Å²) in [7, 11) is -1.83. The highest BCUT2D eigenvalue weighted by atomic mass is 79.9. The number of fused-ring (bicyclic) bond motifs is 1. The van der Waals surface area contributed by atoms with Crippen LogP contribution >= 0.6 is 15.9 Å². The van der Waals surface area contributed by atoms with Crippen LogP contribution < -0.4 is 10.1 Å². The largest absolute Gasteiger partial charge is 0.488 e. The van der Waals surface area contributed by atoms with Gasteiger partial charge in [-0.25, -0.2) is 32.2 Å². The Hall–Kier alpha value is -4.46. The van der Waals surface area contributed by atoms with Crippen LogP contribution in [0, 0.1) is 11.6 Å². The zero-order valence-corrected chi connectivity index (χ0v) is 28.5. The first-order valence-corrected chi connectivity index (χ1v) is 17.6. The van der Waals surface area contributed by atoms with Gasteiger partial charge in [-0.15, -0.1) is 0 Å². The Morgan fingerprint density at radius 2 is 1.92 bits per heavy atom. The van der Waals surface area contributed by atoms with Gasteiger partial charge in [-0.1, -0.05) is 18.2 Å². The number of halogens is 3. The smallest absolute Gasteiger partial charge is 0.196 e. The van der Waals surface area contributed by atoms with E-state index in [4.69, 9.17) is 9.47 Å². The van der Waals surface area contributed by atoms with E-state index < -0.39 is 27.3 Å². The lowest BCUT2D eigenvalue weighted by Crippen LogP contribution is -2.49. The van der Waals surface area contributed by atoms with Crippen LogP contribution in [0.25, 0.3) is 10.9 Å². The summed E-state index contributed by atoms with van der Waals surface area (Å²) in [6.45, 7) is 2.26. The van der Waals surface area contributed by atoms with Gasteiger partial charge >= 0.3 is 0 Å². The molecule has 5 aromatic rings. The molecule has 6 rings (SSSR count). The zero-order chi connectivity index (χ0) is 33.9. The number of sulfone groups is 1. The SMILES string of the molecule is CC(N(C)CCS(=O)(=O)c1ccccn1)C1(c2cc3c(Nc4ccc(OCc5cccc(F)c5)c(Br)c4)ncnc3cc2F)CC=CO1. The predicted molar refractivity (Wildman–Crippen MR) is 183 cm³/mol. The molecule has 2 atom stereocenters. The number of benzene rings is 3. The van der Waals surface area contributed by atoms with Crippen molar-refractivity contribution in [3.63, 3.8) is 0 Å². The van der Waals surface area contributed by atoms with Crippen molar-refractivity contribution in [3.05, 3.63) is 125 Å². The van der Waals surface area contributed by atoms with Gasteiger partial charge in [0.2, 0.25) is 0 Å². The third kappa shape index (κ3) is 7.03. The molecule has 0 amide bonds. The topological polar surface area (TPSA) is 107 Å². The number of anilines is 2. The number of hydrogen-bond donors (Lipinski definition) is 1. The molecule has 2 unspecified atom stereocenters. The van der Waals surface area contributed by atoms with E-state index in [1.54, 1.807) is 49.7 Å². The molecular formula is C35H32BrF2N5O4S. The molecule has 0 bridgehead atoms. The quantitative estimate of drug-likeness (QED) is 0.141. The maximum Gasteiger partial charge on any atom is 0.196 e. The first-order valence-electron chi connectivity index (χ1n) is 15.1. The average Bonchev–Trinajstić information content (AvgIpc) is 3.58. The molecule has 3 heterocycles. The van der Waals surface area contributed by atoms with Crippen LogP contribution in [-0.4, -0.2) is 53.7 Å². The molecule has 1 aliphatic rings. The van der Waals surface area contributed by atoms with Crippen molar-refractivity contribution in [1.29, 1.82) is 0 Å². The maximum absolute atomic E-state index is 16.0. The highest BCUT2D eigenvalue weighted by Gasteiger charge is 2.45. The Kier molecular flexibility index (Phi) is 9.72. The number of rotatable bonds is 12. The summed E-state index contributed by atoms with van der Waals surface area (Å²) in [6, 6.07) is 19.0. The number of ether oxygens (including phenoxy) is 2. The van der Waals surface area contributed by atoms with E-state index >= 15 is 4.39 Å². The normalized spacial score (nSPS) is 16.6. The third-order valence-corrected chi connectivity index (χ3v) is 10.7. The fourth-order valence-corrected chi connectivity index (χ4v) is 7.42. The monoisotopic (exact) mass is 735 g/mol. The summed E-state index contributed by atoms with van der Waals surface area (Å²) < 4.78 is 68.1. The summed E-state index contributed by atoms with van der Waals surface area (Å²) in [5.41, 5.74) is 0.937. The predicted octanol–water partition coefficient (Wildman–Crippen LogP) is 7.31. The summed E-state index contributed by atoms with van der Waals surface area (Å²) in [5.74, 6) is 0.0242. The van der Waals surface area contributed by atoms with E-state index in [-0.39, 0.29) is 29.7 Å². The van der Waals surface area contributed by atoms with Crippen molar-refractivity contribution in [2.24, 2.45) is 0 Å². The van der Waals surface area contributed by atoms with Crippen LogP contribution in [-0.2, 0) is 26.8 Å². The minimum absolute atomic E-state index is 0.0122. The van der Waals surface area contributed by atoms with Gasteiger partial charge < -0.3 is 14.8 Å². The summed E-state index contributed by atoms with van der Waals surface area (Å²) in [6.07, 6.45) is 6.55. The maximum atomic E-state index is 16.0. The lowest BCUT2D eigenvalue weighted by atomic mass is 9.83. The van der Waals surface area contributed by atoms with Crippen LogP contribution in [0.5, 0.6) is 5.75 Å². The molecule has 1 aliphatic heterocycles. The van der Waals surface area contributed by atoms with Gasteiger partial charge in [0.05, 0.1) is 28.0 Å². The van der Waals surface area contributed by atoms with E-state index in [1.807, 2.05) is 30.0 Å². The van der Waals surface area contributed by atoms with Crippen LogP contribution in [0.1, 0.15) is 24.5 Å². The number of pyridine rings is 1. The van der Waals surface area contributed by atoms with Crippen molar-refractivity contribution < 1.29 is 26.7 Å². The number of aromatic nitrogens is 3. The van der Waals surface area contributed by atoms with Gasteiger partial charge in [0, 0.05) is 41.9 Å². The van der Waals surface area contributed by atoms with E-state index in [0.29, 0.717) is 50.2 Å². The Labute approximate surface area is 285 Å². The van der Waals surface area contributed by atoms with Gasteiger partial charge in [0.15, 0.2) is 20.5 Å². The van der Waals surface area contributed by atoms with Crippen LogP contribution in [0.4, 0.5) is 20.3 Å². The molecule has 0 saturated carbocycles. The fourth-order valence-electron chi connectivity index (χ4n) is 5.68. The zero-order valence-electron chi connectivity index (χ0n) is 26.1. The molecule has 2 aromatic heterocycles. The highest BCUT2D eigenvalue weighted by Crippen LogP contribution is 2.43. The summed E-state index contributed by atoms with van der Waals surface area (Å²) >= 11 is 3.55. The number of hydrogen-bond acceptors (Lipinski definition) is 9. The van der Waals surface area contributed by atoms with E-state index in [9.17, 15) is 12.8 Å². The minimum Gasteiger partial charge on any atom is -0.488 e. The molecule has 0 spiro atoms. The van der Waals surface area contributed by atoms with Crippen LogP contribution in [0.3, 0.4) is 0 Å². The summed E-state index contributed by atoms with van der Waals surface area (Å²) in [5, 5.41) is 3.88. The van der Waals surface area contributed by atoms with Crippen molar-refractivity contribution >= 4 is 48.2 Å². The second-order valence-electron chi connectivity index (χ2n) is 11.5. The first-order chi connectivity index (χ1) is 23.1. The Balaban J connectivity index is 1.24. The Morgan fingerprint density at radius 1 is 1.06 bits per heavy atom. The van der Waals surface area contributed by atoms with Crippen LogP contribution in [0.2, 0.25) is 0 Å². The molecule has 248 valence electrons. The Morgan fingerprint density at radius 3 is 2.65 bits per heavy atom. The van der Waals surface area contributed by atoms with Crippen molar-refractivity contribution in [3.8, 4) is 5.75 Å². The van der Waals surface area contributed by atoms with Gasteiger partial charge in [-0.05, 0) is 90.1 Å². The third-order valence-electron chi connectivity index (χ3n) is 8.46. The van der Waals surface area contributed by atoms with Crippen molar-refractivity contribution in [1.82, 2.24) is 19.9 Å². The van der Waals surface area contributed by atoms with Gasteiger partial charge in [0.1, 0.15) is 36.1 Å². The molecule has 1 N–H and O–H groups in total. The molecule has 0 radical (unpaired) electrons. The molecule has 0 saturated heterocycles. The first kappa shape index (κ1) is 33.4. The molecule has 0 fully saturated rings. The minimum atomic E-state index is -3.63. The van der Waals surface area contributed by atoms with Crippen molar-refractivity contribution in [2.75, 3.05) is 24.7 Å². The van der Waals surface area contributed by atoms with Gasteiger partial charge in [-0.3, -0.25) is 4.90 Å². The average molecular weight is 737 g/mol. The van der Waals surface area contributed by atoms with Gasteiger partial charge in [0.25, 0.3) is 0 Å². The number of nitrogens with zero attached hydrogens (tertiary/aromatic N) is 4. The molecule has 48 heavy (non-hydrogen) atoms. The van der Waals surface area contributed by atoms with Crippen molar-refractivity contribution in [2.45, 2.75) is 36.6 Å². The van der Waals surface area contributed by atoms with Crippen LogP contribution in [0.15, 0.2) is 107 Å². The number of nitrogens with one attached hydrogen (secondary N) is 1.